The number of rotatable bonds is 5. The Balaban J connectivity index is 1.42. The van der Waals surface area contributed by atoms with Crippen molar-refractivity contribution < 1.29 is 9.59 Å². The first-order valence-electron chi connectivity index (χ1n) is 11.0. The summed E-state index contributed by atoms with van der Waals surface area (Å²) in [6.45, 7) is 7.00. The number of amides is 2. The number of carbonyl (C=O) groups excluding carboxylic acids is 2. The molecule has 0 N–H and O–H groups in total. The van der Waals surface area contributed by atoms with Crippen molar-refractivity contribution in [2.24, 2.45) is 11.8 Å². The minimum Gasteiger partial charge on any atom is -0.354 e. The van der Waals surface area contributed by atoms with Crippen LogP contribution in [-0.2, 0) is 4.79 Å². The van der Waals surface area contributed by atoms with Crippen molar-refractivity contribution in [3.05, 3.63) is 23.9 Å². The molecule has 1 saturated carbocycles. The van der Waals surface area contributed by atoms with E-state index in [2.05, 4.69) is 16.8 Å². The molecule has 3 fully saturated rings. The third-order valence-corrected chi connectivity index (χ3v) is 6.42. The molecule has 2 aliphatic heterocycles. The summed E-state index contributed by atoms with van der Waals surface area (Å²) >= 11 is 0. The summed E-state index contributed by atoms with van der Waals surface area (Å²) in [5, 5.41) is 0. The summed E-state index contributed by atoms with van der Waals surface area (Å²) in [6, 6.07) is 3.75. The van der Waals surface area contributed by atoms with Crippen LogP contribution in [0.15, 0.2) is 18.3 Å². The van der Waals surface area contributed by atoms with E-state index in [1.807, 2.05) is 21.9 Å². The molecular formula is C22H32N4O2. The van der Waals surface area contributed by atoms with Crippen molar-refractivity contribution in [1.29, 1.82) is 0 Å². The molecule has 2 atom stereocenters. The van der Waals surface area contributed by atoms with E-state index < -0.39 is 0 Å². The van der Waals surface area contributed by atoms with Gasteiger partial charge in [0.25, 0.3) is 5.91 Å². The van der Waals surface area contributed by atoms with E-state index in [1.54, 1.807) is 6.20 Å². The minimum absolute atomic E-state index is 0.0955. The first-order chi connectivity index (χ1) is 13.7. The van der Waals surface area contributed by atoms with Crippen LogP contribution in [-0.4, -0.2) is 65.9 Å². The summed E-state index contributed by atoms with van der Waals surface area (Å²) in [6.07, 6.45) is 8.27. The zero-order valence-electron chi connectivity index (χ0n) is 17.0. The molecule has 2 saturated heterocycles. The van der Waals surface area contributed by atoms with Gasteiger partial charge in [-0.15, -0.1) is 0 Å². The Morgan fingerprint density at radius 3 is 2.61 bits per heavy atom. The Bertz CT molecular complexity index is 716. The van der Waals surface area contributed by atoms with Gasteiger partial charge in [-0.1, -0.05) is 13.3 Å². The first-order valence-corrected chi connectivity index (χ1v) is 11.0. The number of pyridine rings is 1. The van der Waals surface area contributed by atoms with Gasteiger partial charge in [-0.2, -0.15) is 0 Å². The van der Waals surface area contributed by atoms with Crippen molar-refractivity contribution in [3.63, 3.8) is 0 Å². The van der Waals surface area contributed by atoms with Gasteiger partial charge in [0.05, 0.1) is 5.56 Å². The maximum Gasteiger partial charge on any atom is 0.257 e. The third-order valence-electron chi connectivity index (χ3n) is 6.42. The van der Waals surface area contributed by atoms with Gasteiger partial charge in [-0.3, -0.25) is 9.59 Å². The molecule has 3 aliphatic rings. The van der Waals surface area contributed by atoms with Gasteiger partial charge in [-0.05, 0) is 50.2 Å². The predicted octanol–water partition coefficient (Wildman–Crippen LogP) is 2.79. The average molecular weight is 385 g/mol. The highest BCUT2D eigenvalue weighted by atomic mass is 16.2. The van der Waals surface area contributed by atoms with Gasteiger partial charge >= 0.3 is 0 Å². The molecule has 0 radical (unpaired) electrons. The summed E-state index contributed by atoms with van der Waals surface area (Å²) in [4.78, 5) is 36.5. The maximum absolute atomic E-state index is 13.0. The van der Waals surface area contributed by atoms with E-state index in [1.165, 1.54) is 6.42 Å². The molecule has 4 rings (SSSR count). The Labute approximate surface area is 167 Å². The second-order valence-corrected chi connectivity index (χ2v) is 8.43. The topological polar surface area (TPSA) is 56.8 Å². The fourth-order valence-electron chi connectivity index (χ4n) is 4.73. The summed E-state index contributed by atoms with van der Waals surface area (Å²) in [7, 11) is 0. The molecule has 0 unspecified atom stereocenters. The monoisotopic (exact) mass is 384 g/mol. The highest BCUT2D eigenvalue weighted by Crippen LogP contribution is 2.43. The van der Waals surface area contributed by atoms with Crippen LogP contribution in [0.1, 0.15) is 55.8 Å². The van der Waals surface area contributed by atoms with Crippen LogP contribution in [0.4, 0.5) is 5.82 Å². The number of aromatic nitrogens is 1. The summed E-state index contributed by atoms with van der Waals surface area (Å²) < 4.78 is 0. The molecule has 6 nitrogen and oxygen atoms in total. The number of hydrogen-bond acceptors (Lipinski definition) is 4. The molecule has 0 bridgehead atoms. The molecule has 2 amide bonds. The lowest BCUT2D eigenvalue weighted by Gasteiger charge is -2.26. The third kappa shape index (κ3) is 4.01. The smallest absolute Gasteiger partial charge is 0.257 e. The van der Waals surface area contributed by atoms with Crippen LogP contribution in [0.3, 0.4) is 0 Å². The number of carbonyl (C=O) groups is 2. The molecule has 0 spiro atoms. The second-order valence-electron chi connectivity index (χ2n) is 8.43. The van der Waals surface area contributed by atoms with Crippen molar-refractivity contribution in [3.8, 4) is 0 Å². The highest BCUT2D eigenvalue weighted by molar-refractivity contribution is 5.99. The van der Waals surface area contributed by atoms with Gasteiger partial charge < -0.3 is 14.7 Å². The minimum atomic E-state index is 0.0955. The van der Waals surface area contributed by atoms with Gasteiger partial charge in [0.1, 0.15) is 5.82 Å². The fourth-order valence-corrected chi connectivity index (χ4v) is 4.73. The molecule has 6 heteroatoms. The Hall–Kier alpha value is -2.11. The van der Waals surface area contributed by atoms with Crippen LogP contribution >= 0.6 is 0 Å². The zero-order valence-corrected chi connectivity index (χ0v) is 17.0. The van der Waals surface area contributed by atoms with Crippen LogP contribution in [0, 0.1) is 11.8 Å². The molecule has 0 aromatic carbocycles. The Morgan fingerprint density at radius 2 is 1.82 bits per heavy atom. The van der Waals surface area contributed by atoms with E-state index in [4.69, 9.17) is 0 Å². The Morgan fingerprint density at radius 1 is 1.04 bits per heavy atom. The molecule has 3 heterocycles. The summed E-state index contributed by atoms with van der Waals surface area (Å²) in [5.41, 5.74) is 0.703. The van der Waals surface area contributed by atoms with Gasteiger partial charge in [0.15, 0.2) is 0 Å². The molecule has 1 aromatic heterocycles. The Kier molecular flexibility index (Phi) is 5.83. The van der Waals surface area contributed by atoms with E-state index >= 15 is 0 Å². The van der Waals surface area contributed by atoms with Crippen molar-refractivity contribution in [2.45, 2.75) is 45.4 Å². The molecule has 152 valence electrons. The van der Waals surface area contributed by atoms with Crippen molar-refractivity contribution >= 4 is 17.6 Å². The standard InChI is InChI=1S/C22H32N4O2/c1-2-7-17-16-19(17)22(28)26-13-6-12-24(14-15-26)20-18(8-5-9-23-20)21(27)25-10-3-4-11-25/h5,8-9,17,19H,2-4,6-7,10-16H2,1H3/t17-,19+/m0/s1. The van der Waals surface area contributed by atoms with E-state index in [9.17, 15) is 9.59 Å². The van der Waals surface area contributed by atoms with Crippen molar-refractivity contribution in [1.82, 2.24) is 14.8 Å². The zero-order chi connectivity index (χ0) is 19.5. The lowest BCUT2D eigenvalue weighted by molar-refractivity contribution is -0.132. The molecule has 1 aliphatic carbocycles. The molecular weight excluding hydrogens is 352 g/mol. The quantitative estimate of drug-likeness (QED) is 0.783. The van der Waals surface area contributed by atoms with Crippen molar-refractivity contribution in [2.75, 3.05) is 44.2 Å². The van der Waals surface area contributed by atoms with Gasteiger partial charge in [-0.25, -0.2) is 4.98 Å². The largest absolute Gasteiger partial charge is 0.354 e. The lowest BCUT2D eigenvalue weighted by Crippen LogP contribution is -2.37. The molecule has 28 heavy (non-hydrogen) atoms. The predicted molar refractivity (Wildman–Crippen MR) is 109 cm³/mol. The number of hydrogen-bond donors (Lipinski definition) is 0. The first kappa shape index (κ1) is 19.2. The normalized spacial score (nSPS) is 25.0. The molecule has 1 aromatic rings. The summed E-state index contributed by atoms with van der Waals surface area (Å²) in [5.74, 6) is 2.09. The second kappa shape index (κ2) is 8.50. The lowest BCUT2D eigenvalue weighted by atomic mass is 10.2. The average Bonchev–Trinajstić information content (AvgIpc) is 3.36. The van der Waals surface area contributed by atoms with Crippen LogP contribution in [0.25, 0.3) is 0 Å². The van der Waals surface area contributed by atoms with Gasteiger partial charge in [0, 0.05) is 51.4 Å². The van der Waals surface area contributed by atoms with Crippen LogP contribution in [0.5, 0.6) is 0 Å². The van der Waals surface area contributed by atoms with E-state index in [0.29, 0.717) is 17.4 Å². The number of anilines is 1. The van der Waals surface area contributed by atoms with Crippen LogP contribution in [0.2, 0.25) is 0 Å². The van der Waals surface area contributed by atoms with Crippen LogP contribution < -0.4 is 4.90 Å². The SMILES string of the molecule is CCC[C@H]1C[C@H]1C(=O)N1CCCN(c2ncccc2C(=O)N2CCCC2)CC1. The van der Waals surface area contributed by atoms with Gasteiger partial charge in [0.2, 0.25) is 5.91 Å². The number of likely N-dealkylation sites (tertiary alicyclic amines) is 1. The van der Waals surface area contributed by atoms with E-state index in [-0.39, 0.29) is 11.8 Å². The highest BCUT2D eigenvalue weighted by Gasteiger charge is 2.44. The van der Waals surface area contributed by atoms with E-state index in [0.717, 1.165) is 77.2 Å². The maximum atomic E-state index is 13.0. The fraction of sp³-hybridized carbons (Fsp3) is 0.682. The number of nitrogens with zero attached hydrogens (tertiary/aromatic N) is 4.